The summed E-state index contributed by atoms with van der Waals surface area (Å²) >= 11 is 0.180. The molecule has 0 radical (unpaired) electrons. The maximum atomic E-state index is 2.51. The summed E-state index contributed by atoms with van der Waals surface area (Å²) in [6.45, 7) is 2.16. The van der Waals surface area contributed by atoms with Crippen molar-refractivity contribution in [3.63, 3.8) is 0 Å². The molecule has 0 saturated carbocycles. The summed E-state index contributed by atoms with van der Waals surface area (Å²) in [6.07, 6.45) is 0. The number of benzene rings is 10. The normalized spacial score (nSPS) is 11.8. The van der Waals surface area contributed by atoms with Gasteiger partial charge in [0.2, 0.25) is 0 Å². The molecule has 0 spiro atoms. The van der Waals surface area contributed by atoms with Crippen molar-refractivity contribution in [3.8, 4) is 44.5 Å². The Morgan fingerprint density at radius 3 is 1.24 bits per heavy atom. The molecule has 0 N–H and O–H groups in total. The van der Waals surface area contributed by atoms with E-state index < -0.39 is 0 Å². The Labute approximate surface area is 320 Å². The van der Waals surface area contributed by atoms with Gasteiger partial charge in [-0.3, -0.25) is 0 Å². The van der Waals surface area contributed by atoms with Crippen molar-refractivity contribution in [2.24, 2.45) is 0 Å². The molecule has 0 bridgehead atoms. The van der Waals surface area contributed by atoms with Gasteiger partial charge in [-0.2, -0.15) is 0 Å². The van der Waals surface area contributed by atoms with Crippen molar-refractivity contribution in [3.05, 3.63) is 194 Å². The zero-order valence-corrected chi connectivity index (χ0v) is 31.5. The molecule has 10 aromatic carbocycles. The number of hydrogen-bond donors (Lipinski definition) is 0. The summed E-state index contributed by atoms with van der Waals surface area (Å²) in [4.78, 5) is 0. The summed E-state index contributed by atoms with van der Waals surface area (Å²) < 4.78 is 2.91. The molecule has 0 amide bonds. The Bertz CT molecular complexity index is 3140. The second-order valence-electron chi connectivity index (χ2n) is 14.4. The van der Waals surface area contributed by atoms with Gasteiger partial charge in [0.05, 0.1) is 0 Å². The Kier molecular flexibility index (Phi) is 7.20. The van der Waals surface area contributed by atoms with Crippen molar-refractivity contribution in [2.45, 2.75) is 6.92 Å². The Hall–Kier alpha value is -6.24. The van der Waals surface area contributed by atoms with Crippen molar-refractivity contribution >= 4 is 76.9 Å². The number of aryl methyl sites for hydroxylation is 1. The third-order valence-electron chi connectivity index (χ3n) is 11.3. The van der Waals surface area contributed by atoms with Crippen LogP contribution in [0.3, 0.4) is 0 Å². The first-order valence-electron chi connectivity index (χ1n) is 18.7. The van der Waals surface area contributed by atoms with E-state index in [1.807, 2.05) is 0 Å². The van der Waals surface area contributed by atoms with Crippen LogP contribution in [-0.2, 0) is 0 Å². The van der Waals surface area contributed by atoms with E-state index in [1.165, 1.54) is 112 Å². The van der Waals surface area contributed by atoms with Gasteiger partial charge < -0.3 is 0 Å². The molecule has 1 heterocycles. The number of rotatable bonds is 4. The van der Waals surface area contributed by atoms with E-state index in [-0.39, 0.29) is 14.5 Å². The van der Waals surface area contributed by atoms with Gasteiger partial charge in [0.1, 0.15) is 0 Å². The standard InChI is InChI=1S/C53H34Se/c1-33-26-28-35(29-27-33)50-37-16-5-7-18-39(37)51(40-19-8-6-17-38(40)50)36-30-31-45-48(32-36)54-47-25-13-24-46(53(45)47)52-43-22-11-9-20-41(43)49(34-14-3-2-4-15-34)42-21-10-12-23-44(42)52/h2-32H,1H3. The summed E-state index contributed by atoms with van der Waals surface area (Å²) in [5.74, 6) is 0. The van der Waals surface area contributed by atoms with Crippen molar-refractivity contribution < 1.29 is 0 Å². The van der Waals surface area contributed by atoms with Crippen molar-refractivity contribution in [2.75, 3.05) is 0 Å². The van der Waals surface area contributed by atoms with Gasteiger partial charge in [-0.05, 0) is 0 Å². The Morgan fingerprint density at radius 2 is 0.722 bits per heavy atom. The molecule has 0 aliphatic rings. The number of fused-ring (bicyclic) bond motifs is 7. The van der Waals surface area contributed by atoms with Crippen LogP contribution in [0.4, 0.5) is 0 Å². The van der Waals surface area contributed by atoms with Crippen LogP contribution in [0.25, 0.3) is 107 Å². The van der Waals surface area contributed by atoms with Crippen LogP contribution in [0, 0.1) is 6.92 Å². The fourth-order valence-electron chi connectivity index (χ4n) is 8.99. The predicted octanol–water partition coefficient (Wildman–Crippen LogP) is 14.6. The van der Waals surface area contributed by atoms with Crippen LogP contribution in [0.2, 0.25) is 0 Å². The van der Waals surface area contributed by atoms with E-state index >= 15 is 0 Å². The monoisotopic (exact) mass is 750 g/mol. The summed E-state index contributed by atoms with van der Waals surface area (Å²) in [5, 5.41) is 13.1. The molecule has 252 valence electrons. The van der Waals surface area contributed by atoms with E-state index in [2.05, 4.69) is 195 Å². The van der Waals surface area contributed by atoms with Gasteiger partial charge in [0.25, 0.3) is 0 Å². The predicted molar refractivity (Wildman–Crippen MR) is 235 cm³/mol. The van der Waals surface area contributed by atoms with Gasteiger partial charge in [-0.25, -0.2) is 0 Å². The van der Waals surface area contributed by atoms with E-state index in [9.17, 15) is 0 Å². The summed E-state index contributed by atoms with van der Waals surface area (Å²) in [5.41, 5.74) is 11.7. The summed E-state index contributed by atoms with van der Waals surface area (Å²) in [7, 11) is 0. The average molecular weight is 750 g/mol. The van der Waals surface area contributed by atoms with Crippen LogP contribution in [-0.4, -0.2) is 14.5 Å². The molecule has 0 atom stereocenters. The first kappa shape index (κ1) is 31.3. The average Bonchev–Trinajstić information content (AvgIpc) is 3.61. The minimum absolute atomic E-state index is 0.180. The molecule has 0 aliphatic carbocycles. The van der Waals surface area contributed by atoms with Crippen molar-refractivity contribution in [1.29, 1.82) is 0 Å². The quantitative estimate of drug-likeness (QED) is 0.124. The Balaban J connectivity index is 1.17. The fourth-order valence-corrected chi connectivity index (χ4v) is 11.5. The second kappa shape index (κ2) is 12.4. The molecule has 0 saturated heterocycles. The van der Waals surface area contributed by atoms with Gasteiger partial charge in [0, 0.05) is 0 Å². The second-order valence-corrected chi connectivity index (χ2v) is 16.7. The van der Waals surface area contributed by atoms with Gasteiger partial charge in [-0.1, -0.05) is 0 Å². The topological polar surface area (TPSA) is 0 Å². The van der Waals surface area contributed by atoms with Crippen LogP contribution in [0.15, 0.2) is 188 Å². The summed E-state index contributed by atoms with van der Waals surface area (Å²) in [6, 6.07) is 70.2. The molecular formula is C53H34Se. The molecule has 54 heavy (non-hydrogen) atoms. The van der Waals surface area contributed by atoms with Gasteiger partial charge in [0.15, 0.2) is 0 Å². The van der Waals surface area contributed by atoms with E-state index in [0.717, 1.165) is 0 Å². The van der Waals surface area contributed by atoms with E-state index in [0.29, 0.717) is 0 Å². The molecule has 11 aromatic rings. The van der Waals surface area contributed by atoms with E-state index in [4.69, 9.17) is 0 Å². The van der Waals surface area contributed by atoms with Crippen LogP contribution in [0.5, 0.6) is 0 Å². The first-order valence-corrected chi connectivity index (χ1v) is 20.4. The van der Waals surface area contributed by atoms with Crippen LogP contribution < -0.4 is 0 Å². The minimum atomic E-state index is 0.180. The molecule has 0 unspecified atom stereocenters. The zero-order chi connectivity index (χ0) is 35.8. The number of hydrogen-bond acceptors (Lipinski definition) is 0. The Morgan fingerprint density at radius 1 is 0.296 bits per heavy atom. The van der Waals surface area contributed by atoms with Gasteiger partial charge in [-0.15, -0.1) is 0 Å². The SMILES string of the molecule is Cc1ccc(-c2c3ccccc3c(-c3ccc4c(c3)[se]c3cccc(-c5c6ccccc6c(-c6ccccc6)c6ccccc56)c34)c3ccccc23)cc1. The van der Waals surface area contributed by atoms with Crippen LogP contribution >= 0.6 is 0 Å². The fraction of sp³-hybridized carbons (Fsp3) is 0.0189. The molecular weight excluding hydrogens is 716 g/mol. The first-order chi connectivity index (χ1) is 26.7. The molecule has 11 rings (SSSR count). The van der Waals surface area contributed by atoms with Crippen molar-refractivity contribution in [1.82, 2.24) is 0 Å². The molecule has 1 heteroatoms. The van der Waals surface area contributed by atoms with E-state index in [1.54, 1.807) is 0 Å². The maximum absolute atomic E-state index is 2.51. The molecule has 1 aromatic heterocycles. The third-order valence-corrected chi connectivity index (χ3v) is 13.7. The zero-order valence-electron chi connectivity index (χ0n) is 29.8. The van der Waals surface area contributed by atoms with Crippen LogP contribution in [0.1, 0.15) is 5.56 Å². The molecule has 0 aliphatic heterocycles. The third kappa shape index (κ3) is 4.76. The van der Waals surface area contributed by atoms with Gasteiger partial charge >= 0.3 is 322 Å². The molecule has 0 fully saturated rings. The molecule has 0 nitrogen and oxygen atoms in total.